The molecule has 0 N–H and O–H groups in total. The lowest BCUT2D eigenvalue weighted by atomic mass is 10.0. The van der Waals surface area contributed by atoms with Crippen LogP contribution in [0.3, 0.4) is 0 Å². The minimum Gasteiger partial charge on any atom is -0.417 e. The van der Waals surface area contributed by atoms with Crippen LogP contribution in [0.4, 0.5) is 0 Å². The van der Waals surface area contributed by atoms with Crippen LogP contribution >= 0.6 is 0 Å². The molecule has 0 spiro atoms. The smallest absolute Gasteiger partial charge is 0.189 e. The van der Waals surface area contributed by atoms with Crippen molar-refractivity contribution in [2.75, 3.05) is 6.61 Å². The fraction of sp³-hybridized carbons (Fsp3) is 0.400. The van der Waals surface area contributed by atoms with Gasteiger partial charge in [-0.15, -0.1) is 0 Å². The highest BCUT2D eigenvalue weighted by atomic mass is 28.4. The van der Waals surface area contributed by atoms with Crippen LogP contribution in [0.2, 0.25) is 24.7 Å². The van der Waals surface area contributed by atoms with Crippen molar-refractivity contribution in [3.63, 3.8) is 0 Å². The van der Waals surface area contributed by atoms with Gasteiger partial charge in [0.2, 0.25) is 0 Å². The van der Waals surface area contributed by atoms with Gasteiger partial charge in [0.1, 0.15) is 0 Å². The lowest BCUT2D eigenvalue weighted by molar-refractivity contribution is 0.271. The van der Waals surface area contributed by atoms with E-state index in [1.54, 1.807) is 0 Å². The van der Waals surface area contributed by atoms with Crippen molar-refractivity contribution in [1.82, 2.24) is 0 Å². The Morgan fingerprint density at radius 1 is 0.957 bits per heavy atom. The molecule has 1 fully saturated rings. The predicted octanol–water partition coefficient (Wildman–Crippen LogP) is 5.28. The van der Waals surface area contributed by atoms with Crippen molar-refractivity contribution in [1.29, 1.82) is 0 Å². The van der Waals surface area contributed by atoms with E-state index in [9.17, 15) is 0 Å². The topological polar surface area (TPSA) is 9.23 Å². The van der Waals surface area contributed by atoms with Crippen molar-refractivity contribution in [2.45, 2.75) is 43.1 Å². The van der Waals surface area contributed by atoms with Crippen molar-refractivity contribution >= 4 is 17.8 Å². The third kappa shape index (κ3) is 4.66. The van der Waals surface area contributed by atoms with Gasteiger partial charge in [0.15, 0.2) is 8.32 Å². The van der Waals surface area contributed by atoms with E-state index in [4.69, 9.17) is 4.43 Å². The molecule has 1 nitrogen and oxygen atoms in total. The Hall–Kier alpha value is -1.17. The highest BCUT2D eigenvalue weighted by Crippen LogP contribution is 2.30. The quantitative estimate of drug-likeness (QED) is 0.651. The highest BCUT2D eigenvalue weighted by molar-refractivity contribution is 6.73. The molecule has 120 valence electrons. The largest absolute Gasteiger partial charge is 0.417 e. The van der Waals surface area contributed by atoms with E-state index in [0.717, 1.165) is 16.1 Å². The SMILES string of the molecule is C[Si]1(CC[Si]C(c2ccccc2)c2ccccc2)CCCCO1. The fourth-order valence-corrected chi connectivity index (χ4v) is 9.40. The van der Waals surface area contributed by atoms with E-state index in [0.29, 0.717) is 5.54 Å². The van der Waals surface area contributed by atoms with Gasteiger partial charge >= 0.3 is 0 Å². The van der Waals surface area contributed by atoms with Crippen molar-refractivity contribution in [3.8, 4) is 0 Å². The molecule has 1 aliphatic rings. The molecule has 3 heteroatoms. The third-order valence-corrected chi connectivity index (χ3v) is 10.6. The average Bonchev–Trinajstić information content (AvgIpc) is 2.61. The summed E-state index contributed by atoms with van der Waals surface area (Å²) < 4.78 is 6.20. The van der Waals surface area contributed by atoms with Crippen LogP contribution in [0.5, 0.6) is 0 Å². The summed E-state index contributed by atoms with van der Waals surface area (Å²) in [5.41, 5.74) is 3.44. The molecule has 23 heavy (non-hydrogen) atoms. The van der Waals surface area contributed by atoms with Gasteiger partial charge in [-0.1, -0.05) is 73.1 Å². The standard InChI is InChI=1S/C20H26OSi2/c1-23(16-9-8-14-21-23)17-15-22-20(18-10-4-2-5-11-18)19-12-6-3-7-13-19/h2-7,10-13,20H,8-9,14-17H2,1H3. The van der Waals surface area contributed by atoms with Gasteiger partial charge in [-0.3, -0.25) is 0 Å². The maximum absolute atomic E-state index is 6.20. The molecule has 0 amide bonds. The zero-order valence-electron chi connectivity index (χ0n) is 14.0. The molecule has 0 aromatic heterocycles. The molecule has 1 heterocycles. The number of rotatable bonds is 6. The van der Waals surface area contributed by atoms with Gasteiger partial charge in [0, 0.05) is 6.61 Å². The monoisotopic (exact) mass is 338 g/mol. The minimum absolute atomic E-state index is 0.540. The van der Waals surface area contributed by atoms with E-state index in [1.807, 2.05) is 0 Å². The first-order chi connectivity index (χ1) is 11.3. The van der Waals surface area contributed by atoms with Crippen LogP contribution in [0, 0.1) is 0 Å². The minimum atomic E-state index is -1.40. The average molecular weight is 339 g/mol. The molecule has 3 rings (SSSR count). The molecule has 0 bridgehead atoms. The first-order valence-electron chi connectivity index (χ1n) is 8.74. The van der Waals surface area contributed by atoms with Crippen molar-refractivity contribution in [2.24, 2.45) is 0 Å². The first kappa shape index (κ1) is 16.7. The van der Waals surface area contributed by atoms with E-state index in [1.165, 1.54) is 42.1 Å². The Kier molecular flexibility index (Phi) is 5.87. The van der Waals surface area contributed by atoms with E-state index < -0.39 is 8.32 Å². The summed E-state index contributed by atoms with van der Waals surface area (Å²) in [6, 6.07) is 26.0. The Morgan fingerprint density at radius 2 is 1.57 bits per heavy atom. The van der Waals surface area contributed by atoms with Crippen LogP contribution < -0.4 is 0 Å². The van der Waals surface area contributed by atoms with E-state index in [-0.39, 0.29) is 0 Å². The normalized spacial score (nSPS) is 21.5. The summed E-state index contributed by atoms with van der Waals surface area (Å²) in [5, 5.41) is 0. The number of hydrogen-bond donors (Lipinski definition) is 0. The summed E-state index contributed by atoms with van der Waals surface area (Å²) in [5.74, 6) is 0. The Labute approximate surface area is 144 Å². The van der Waals surface area contributed by atoms with Crippen LogP contribution in [-0.4, -0.2) is 24.4 Å². The van der Waals surface area contributed by atoms with Crippen LogP contribution in [-0.2, 0) is 4.43 Å². The second-order valence-electron chi connectivity index (χ2n) is 6.71. The molecular formula is C20H26OSi2. The van der Waals surface area contributed by atoms with Gasteiger partial charge < -0.3 is 4.43 Å². The molecular weight excluding hydrogens is 312 g/mol. The summed E-state index contributed by atoms with van der Waals surface area (Å²) in [6.07, 6.45) is 2.65. The Morgan fingerprint density at radius 3 is 2.09 bits per heavy atom. The molecule has 0 aliphatic carbocycles. The maximum Gasteiger partial charge on any atom is 0.189 e. The zero-order valence-corrected chi connectivity index (χ0v) is 16.0. The lowest BCUT2D eigenvalue weighted by Crippen LogP contribution is -2.38. The second-order valence-corrected chi connectivity index (χ2v) is 12.4. The van der Waals surface area contributed by atoms with Crippen molar-refractivity contribution < 1.29 is 4.43 Å². The summed E-state index contributed by atoms with van der Waals surface area (Å²) in [6.45, 7) is 3.45. The summed E-state index contributed by atoms with van der Waals surface area (Å²) >= 11 is 0. The van der Waals surface area contributed by atoms with E-state index >= 15 is 0 Å². The summed E-state index contributed by atoms with van der Waals surface area (Å²) in [7, 11) is -0.460. The highest BCUT2D eigenvalue weighted by Gasteiger charge is 2.31. The van der Waals surface area contributed by atoms with Gasteiger partial charge in [-0.25, -0.2) is 0 Å². The molecule has 2 aromatic rings. The molecule has 2 radical (unpaired) electrons. The molecule has 0 saturated carbocycles. The first-order valence-corrected chi connectivity index (χ1v) is 12.8. The number of benzene rings is 2. The van der Waals surface area contributed by atoms with Crippen LogP contribution in [0.25, 0.3) is 0 Å². The Balaban J connectivity index is 1.67. The van der Waals surface area contributed by atoms with Gasteiger partial charge in [0.25, 0.3) is 0 Å². The molecule has 1 aliphatic heterocycles. The second kappa shape index (κ2) is 8.09. The predicted molar refractivity (Wildman–Crippen MR) is 102 cm³/mol. The lowest BCUT2D eigenvalue weighted by Gasteiger charge is -2.32. The molecule has 1 saturated heterocycles. The van der Waals surface area contributed by atoms with E-state index in [2.05, 4.69) is 67.2 Å². The Bertz CT molecular complexity index is 540. The number of hydrogen-bond acceptors (Lipinski definition) is 1. The molecule has 2 aromatic carbocycles. The van der Waals surface area contributed by atoms with Crippen molar-refractivity contribution in [3.05, 3.63) is 71.8 Å². The van der Waals surface area contributed by atoms with Gasteiger partial charge in [0.05, 0.1) is 9.52 Å². The molecule has 1 atom stereocenters. The third-order valence-electron chi connectivity index (χ3n) is 4.82. The maximum atomic E-state index is 6.20. The zero-order chi connectivity index (χ0) is 16.0. The fourth-order valence-electron chi connectivity index (χ4n) is 3.39. The van der Waals surface area contributed by atoms with Gasteiger partial charge in [-0.2, -0.15) is 0 Å². The van der Waals surface area contributed by atoms with Crippen LogP contribution in [0.1, 0.15) is 29.5 Å². The van der Waals surface area contributed by atoms with Gasteiger partial charge in [-0.05, 0) is 41.7 Å². The van der Waals surface area contributed by atoms with Crippen LogP contribution in [0.15, 0.2) is 60.7 Å². The summed E-state index contributed by atoms with van der Waals surface area (Å²) in [4.78, 5) is 0. The molecule has 1 unspecified atom stereocenters.